The van der Waals surface area contributed by atoms with Crippen molar-refractivity contribution in [1.29, 1.82) is 0 Å². The number of aliphatic carboxylic acids is 1. The highest BCUT2D eigenvalue weighted by molar-refractivity contribution is 6.37. The molecule has 1 N–H and O–H groups in total. The third-order valence-corrected chi connectivity index (χ3v) is 4.06. The van der Waals surface area contributed by atoms with Gasteiger partial charge in [-0.2, -0.15) is 0 Å². The van der Waals surface area contributed by atoms with Gasteiger partial charge in [-0.05, 0) is 24.8 Å². The number of unbranched alkanes of at least 4 members (excludes halogenated alkanes) is 2. The van der Waals surface area contributed by atoms with Crippen LogP contribution in [0.4, 0.5) is 0 Å². The Morgan fingerprint density at radius 2 is 1.64 bits per heavy atom. The maximum atomic E-state index is 10.4. The van der Waals surface area contributed by atoms with Crippen LogP contribution >= 0.6 is 23.2 Å². The summed E-state index contributed by atoms with van der Waals surface area (Å²) in [6, 6.07) is 13.2. The quantitative estimate of drug-likeness (QED) is 0.543. The molecule has 25 heavy (non-hydrogen) atoms. The summed E-state index contributed by atoms with van der Waals surface area (Å²) in [7, 11) is 0. The van der Waals surface area contributed by atoms with E-state index in [1.807, 2.05) is 30.3 Å². The highest BCUT2D eigenvalue weighted by Gasteiger charge is 2.11. The van der Waals surface area contributed by atoms with Gasteiger partial charge in [0.25, 0.3) is 0 Å². The van der Waals surface area contributed by atoms with Crippen LogP contribution in [0.3, 0.4) is 0 Å². The Morgan fingerprint density at radius 1 is 0.960 bits per heavy atom. The van der Waals surface area contributed by atoms with Crippen molar-refractivity contribution in [3.05, 3.63) is 58.1 Å². The SMILES string of the molecule is O=C(O)CCCCCOc1c(Cl)cc(OCc2ccccc2)cc1Cl. The van der Waals surface area contributed by atoms with Crippen LogP contribution in [0.15, 0.2) is 42.5 Å². The van der Waals surface area contributed by atoms with E-state index in [-0.39, 0.29) is 6.42 Å². The summed E-state index contributed by atoms with van der Waals surface area (Å²) in [4.78, 5) is 10.4. The van der Waals surface area contributed by atoms with Gasteiger partial charge in [-0.15, -0.1) is 0 Å². The Morgan fingerprint density at radius 3 is 2.28 bits per heavy atom. The minimum Gasteiger partial charge on any atom is -0.490 e. The Kier molecular flexibility index (Phi) is 7.89. The topological polar surface area (TPSA) is 55.8 Å². The maximum Gasteiger partial charge on any atom is 0.303 e. The van der Waals surface area contributed by atoms with Crippen molar-refractivity contribution in [2.24, 2.45) is 0 Å². The average Bonchev–Trinajstić information content (AvgIpc) is 2.58. The van der Waals surface area contributed by atoms with E-state index in [9.17, 15) is 4.79 Å². The van der Waals surface area contributed by atoms with Crippen molar-refractivity contribution >= 4 is 29.2 Å². The molecule has 2 aromatic carbocycles. The summed E-state index contributed by atoms with van der Waals surface area (Å²) in [5, 5.41) is 9.37. The van der Waals surface area contributed by atoms with E-state index in [0.29, 0.717) is 41.2 Å². The molecule has 0 aromatic heterocycles. The van der Waals surface area contributed by atoms with E-state index >= 15 is 0 Å². The first-order valence-electron chi connectivity index (χ1n) is 8.06. The lowest BCUT2D eigenvalue weighted by Gasteiger charge is -2.13. The fraction of sp³-hybridized carbons (Fsp3) is 0.316. The van der Waals surface area contributed by atoms with Gasteiger partial charge in [0, 0.05) is 18.6 Å². The van der Waals surface area contributed by atoms with E-state index < -0.39 is 5.97 Å². The second-order valence-corrected chi connectivity index (χ2v) is 6.36. The number of benzene rings is 2. The Balaban J connectivity index is 1.83. The fourth-order valence-corrected chi connectivity index (χ4v) is 2.80. The molecule has 2 aromatic rings. The Bertz CT molecular complexity index is 666. The van der Waals surface area contributed by atoms with Crippen LogP contribution in [0.25, 0.3) is 0 Å². The van der Waals surface area contributed by atoms with E-state index in [2.05, 4.69) is 0 Å². The number of hydrogen-bond acceptors (Lipinski definition) is 3. The van der Waals surface area contributed by atoms with Gasteiger partial charge < -0.3 is 14.6 Å². The van der Waals surface area contributed by atoms with Crippen molar-refractivity contribution in [2.75, 3.05) is 6.61 Å². The number of carboxylic acids is 1. The normalized spacial score (nSPS) is 10.5. The maximum absolute atomic E-state index is 10.4. The van der Waals surface area contributed by atoms with Gasteiger partial charge in [0.15, 0.2) is 5.75 Å². The van der Waals surface area contributed by atoms with Crippen molar-refractivity contribution in [1.82, 2.24) is 0 Å². The van der Waals surface area contributed by atoms with Crippen molar-refractivity contribution in [3.8, 4) is 11.5 Å². The second-order valence-electron chi connectivity index (χ2n) is 5.54. The Labute approximate surface area is 157 Å². The first kappa shape index (κ1) is 19.4. The molecule has 4 nitrogen and oxygen atoms in total. The molecule has 0 radical (unpaired) electrons. The largest absolute Gasteiger partial charge is 0.490 e. The monoisotopic (exact) mass is 382 g/mol. The summed E-state index contributed by atoms with van der Waals surface area (Å²) in [5.74, 6) is 0.222. The summed E-state index contributed by atoms with van der Waals surface area (Å²) in [5.41, 5.74) is 1.05. The second kappa shape index (κ2) is 10.2. The summed E-state index contributed by atoms with van der Waals surface area (Å²) in [6.07, 6.45) is 2.33. The predicted octanol–water partition coefficient (Wildman–Crippen LogP) is 5.60. The van der Waals surface area contributed by atoms with Gasteiger partial charge in [-0.3, -0.25) is 4.79 Å². The minimum absolute atomic E-state index is 0.176. The highest BCUT2D eigenvalue weighted by Crippen LogP contribution is 2.37. The van der Waals surface area contributed by atoms with Crippen LogP contribution in [-0.4, -0.2) is 17.7 Å². The molecule has 0 unspecified atom stereocenters. The highest BCUT2D eigenvalue weighted by atomic mass is 35.5. The fourth-order valence-electron chi connectivity index (χ4n) is 2.23. The minimum atomic E-state index is -0.780. The standard InChI is InChI=1S/C19H20Cl2O4/c20-16-11-15(25-13-14-7-3-1-4-8-14)12-17(21)19(16)24-10-6-2-5-9-18(22)23/h1,3-4,7-8,11-12H,2,5-6,9-10,13H2,(H,22,23). The average molecular weight is 383 g/mol. The zero-order valence-corrected chi connectivity index (χ0v) is 15.2. The van der Waals surface area contributed by atoms with Gasteiger partial charge in [-0.25, -0.2) is 0 Å². The lowest BCUT2D eigenvalue weighted by atomic mass is 10.2. The van der Waals surface area contributed by atoms with Gasteiger partial charge >= 0.3 is 5.97 Å². The van der Waals surface area contributed by atoms with Crippen molar-refractivity contribution in [2.45, 2.75) is 32.3 Å². The number of halogens is 2. The van der Waals surface area contributed by atoms with Gasteiger partial charge in [-0.1, -0.05) is 53.5 Å². The third-order valence-electron chi connectivity index (χ3n) is 3.50. The number of hydrogen-bond donors (Lipinski definition) is 1. The molecule has 6 heteroatoms. The number of ether oxygens (including phenoxy) is 2. The number of carbonyl (C=O) groups is 1. The lowest BCUT2D eigenvalue weighted by molar-refractivity contribution is -0.137. The first-order valence-corrected chi connectivity index (χ1v) is 8.82. The lowest BCUT2D eigenvalue weighted by Crippen LogP contribution is -2.01. The van der Waals surface area contributed by atoms with Crippen molar-refractivity contribution < 1.29 is 19.4 Å². The smallest absolute Gasteiger partial charge is 0.303 e. The van der Waals surface area contributed by atoms with Crippen molar-refractivity contribution in [3.63, 3.8) is 0 Å². The van der Waals surface area contributed by atoms with Crippen LogP contribution in [-0.2, 0) is 11.4 Å². The van der Waals surface area contributed by atoms with Gasteiger partial charge in [0.1, 0.15) is 12.4 Å². The molecule has 0 saturated carbocycles. The third kappa shape index (κ3) is 6.85. The number of rotatable bonds is 10. The molecule has 0 bridgehead atoms. The van der Waals surface area contributed by atoms with Crippen LogP contribution in [0, 0.1) is 0 Å². The molecule has 0 aliphatic heterocycles. The van der Waals surface area contributed by atoms with E-state index in [1.54, 1.807) is 12.1 Å². The summed E-state index contributed by atoms with van der Waals surface area (Å²) >= 11 is 12.5. The van der Waals surface area contributed by atoms with E-state index in [1.165, 1.54) is 0 Å². The molecule has 0 heterocycles. The van der Waals surface area contributed by atoms with Gasteiger partial charge in [0.2, 0.25) is 0 Å². The molecule has 0 fully saturated rings. The molecule has 0 saturated heterocycles. The van der Waals surface area contributed by atoms with Crippen LogP contribution < -0.4 is 9.47 Å². The molecule has 0 amide bonds. The zero-order valence-electron chi connectivity index (χ0n) is 13.7. The molecular weight excluding hydrogens is 363 g/mol. The molecule has 134 valence electrons. The van der Waals surface area contributed by atoms with Crippen LogP contribution in [0.2, 0.25) is 10.0 Å². The zero-order chi connectivity index (χ0) is 18.1. The predicted molar refractivity (Wildman–Crippen MR) is 98.8 cm³/mol. The van der Waals surface area contributed by atoms with E-state index in [4.69, 9.17) is 37.8 Å². The molecule has 2 rings (SSSR count). The van der Waals surface area contributed by atoms with Crippen LogP contribution in [0.5, 0.6) is 11.5 Å². The first-order chi connectivity index (χ1) is 12.1. The molecular formula is C19H20Cl2O4. The molecule has 0 spiro atoms. The summed E-state index contributed by atoms with van der Waals surface area (Å²) in [6.45, 7) is 0.862. The molecule has 0 aliphatic carbocycles. The van der Waals surface area contributed by atoms with E-state index in [0.717, 1.165) is 18.4 Å². The number of carboxylic acid groups (broad SMARTS) is 1. The van der Waals surface area contributed by atoms with Crippen LogP contribution in [0.1, 0.15) is 31.2 Å². The molecule has 0 aliphatic rings. The van der Waals surface area contributed by atoms with Gasteiger partial charge in [0.05, 0.1) is 16.7 Å². The Hall–Kier alpha value is -1.91. The molecule has 0 atom stereocenters. The summed E-state index contributed by atoms with van der Waals surface area (Å²) < 4.78 is 11.3.